The van der Waals surface area contributed by atoms with Crippen LogP contribution in [0.3, 0.4) is 0 Å². The number of ether oxygens (including phenoxy) is 2. The van der Waals surface area contributed by atoms with Gasteiger partial charge in [-0.25, -0.2) is 0 Å². The van der Waals surface area contributed by atoms with Crippen molar-refractivity contribution in [3.8, 4) is 0 Å². The summed E-state index contributed by atoms with van der Waals surface area (Å²) in [6, 6.07) is 10.8. The van der Waals surface area contributed by atoms with E-state index in [0.29, 0.717) is 12.0 Å². The second-order valence-corrected chi connectivity index (χ2v) is 7.25. The molecule has 1 heterocycles. The second kappa shape index (κ2) is 15.0. The number of aliphatic imine (C=N–C) groups is 1. The quantitative estimate of drug-likeness (QED) is 0.222. The van der Waals surface area contributed by atoms with Crippen LogP contribution in [0.4, 0.5) is 0 Å². The molecule has 2 rings (SSSR count). The van der Waals surface area contributed by atoms with Crippen molar-refractivity contribution in [2.75, 3.05) is 60.7 Å². The van der Waals surface area contributed by atoms with Gasteiger partial charge in [0.05, 0.1) is 6.04 Å². The Labute approximate surface area is 187 Å². The average Bonchev–Trinajstić information content (AvgIpc) is 2.70. The van der Waals surface area contributed by atoms with Gasteiger partial charge in [-0.3, -0.25) is 4.99 Å². The molecule has 1 aliphatic heterocycles. The van der Waals surface area contributed by atoms with Gasteiger partial charge in [-0.05, 0) is 44.8 Å². The molecule has 0 spiro atoms. The fourth-order valence-electron chi connectivity index (χ4n) is 3.23. The van der Waals surface area contributed by atoms with E-state index in [9.17, 15) is 0 Å². The molecule has 1 aromatic carbocycles. The third kappa shape index (κ3) is 9.54. The van der Waals surface area contributed by atoms with E-state index >= 15 is 0 Å². The summed E-state index contributed by atoms with van der Waals surface area (Å²) < 4.78 is 11.2. The van der Waals surface area contributed by atoms with Crippen LogP contribution in [0.5, 0.6) is 0 Å². The van der Waals surface area contributed by atoms with Gasteiger partial charge in [-0.15, -0.1) is 24.0 Å². The van der Waals surface area contributed by atoms with Crippen molar-refractivity contribution in [3.05, 3.63) is 35.9 Å². The number of halogens is 1. The van der Waals surface area contributed by atoms with Crippen molar-refractivity contribution in [2.24, 2.45) is 10.9 Å². The van der Waals surface area contributed by atoms with Gasteiger partial charge in [-0.2, -0.15) is 0 Å². The summed E-state index contributed by atoms with van der Waals surface area (Å²) >= 11 is 0. The molecule has 0 radical (unpaired) electrons. The summed E-state index contributed by atoms with van der Waals surface area (Å²) in [7, 11) is 6.01. The summed E-state index contributed by atoms with van der Waals surface area (Å²) in [6.45, 7) is 5.06. The maximum absolute atomic E-state index is 5.81. The van der Waals surface area contributed by atoms with Crippen LogP contribution in [0.1, 0.15) is 30.9 Å². The minimum Gasteiger partial charge on any atom is -0.381 e. The van der Waals surface area contributed by atoms with Crippen LogP contribution in [-0.2, 0) is 9.47 Å². The number of hydrogen-bond donors (Lipinski definition) is 2. The highest BCUT2D eigenvalue weighted by molar-refractivity contribution is 14.0. The standard InChI is InChI=1S/C21H36N4O2.HI/c1-22-21(23-12-7-13-27-17-18-10-14-26-15-11-18)24-16-20(25(2)3)19-8-5-4-6-9-19;/h4-6,8-9,18,20H,7,10-17H2,1-3H3,(H2,22,23,24);1H. The van der Waals surface area contributed by atoms with E-state index in [2.05, 4.69) is 58.9 Å². The monoisotopic (exact) mass is 504 g/mol. The minimum atomic E-state index is 0. The van der Waals surface area contributed by atoms with Gasteiger partial charge in [0, 0.05) is 46.6 Å². The molecule has 1 atom stereocenters. The normalized spacial score (nSPS) is 16.5. The van der Waals surface area contributed by atoms with Crippen molar-refractivity contribution < 1.29 is 9.47 Å². The Hall–Kier alpha value is -0.900. The third-order valence-electron chi connectivity index (χ3n) is 4.95. The molecule has 0 saturated carbocycles. The first-order valence-corrected chi connectivity index (χ1v) is 10.0. The SMILES string of the molecule is CN=C(NCCCOCC1CCOCC1)NCC(c1ccccc1)N(C)C.I. The van der Waals surface area contributed by atoms with Gasteiger partial charge in [0.15, 0.2) is 5.96 Å². The Morgan fingerprint density at radius 3 is 2.57 bits per heavy atom. The summed E-state index contributed by atoms with van der Waals surface area (Å²) in [6.07, 6.45) is 3.23. The third-order valence-corrected chi connectivity index (χ3v) is 4.95. The summed E-state index contributed by atoms with van der Waals surface area (Å²) in [5.41, 5.74) is 1.30. The van der Waals surface area contributed by atoms with Crippen LogP contribution in [0.25, 0.3) is 0 Å². The largest absolute Gasteiger partial charge is 0.381 e. The molecule has 1 aliphatic rings. The molecule has 0 bridgehead atoms. The first-order chi connectivity index (χ1) is 13.2. The van der Waals surface area contributed by atoms with Crippen molar-refractivity contribution in [1.82, 2.24) is 15.5 Å². The smallest absolute Gasteiger partial charge is 0.191 e. The van der Waals surface area contributed by atoms with Gasteiger partial charge in [0.25, 0.3) is 0 Å². The second-order valence-electron chi connectivity index (χ2n) is 7.25. The van der Waals surface area contributed by atoms with Gasteiger partial charge >= 0.3 is 0 Å². The van der Waals surface area contributed by atoms with Crippen LogP contribution >= 0.6 is 24.0 Å². The van der Waals surface area contributed by atoms with E-state index in [4.69, 9.17) is 9.47 Å². The van der Waals surface area contributed by atoms with E-state index in [1.807, 2.05) is 13.1 Å². The lowest BCUT2D eigenvalue weighted by Crippen LogP contribution is -2.42. The fraction of sp³-hybridized carbons (Fsp3) is 0.667. The van der Waals surface area contributed by atoms with Crippen LogP contribution in [0.2, 0.25) is 0 Å². The molecule has 1 fully saturated rings. The topological polar surface area (TPSA) is 58.1 Å². The van der Waals surface area contributed by atoms with Crippen LogP contribution in [0.15, 0.2) is 35.3 Å². The summed E-state index contributed by atoms with van der Waals surface area (Å²) in [4.78, 5) is 6.55. The van der Waals surface area contributed by atoms with Crippen molar-refractivity contribution in [2.45, 2.75) is 25.3 Å². The number of rotatable bonds is 10. The zero-order chi connectivity index (χ0) is 19.3. The molecule has 28 heavy (non-hydrogen) atoms. The van der Waals surface area contributed by atoms with Crippen molar-refractivity contribution in [1.29, 1.82) is 0 Å². The van der Waals surface area contributed by atoms with Gasteiger partial charge in [0.2, 0.25) is 0 Å². The molecule has 0 aromatic heterocycles. The van der Waals surface area contributed by atoms with Crippen LogP contribution in [-0.4, -0.2) is 71.5 Å². The molecular weight excluding hydrogens is 467 g/mol. The predicted octanol–water partition coefficient (Wildman–Crippen LogP) is 2.91. The first kappa shape index (κ1) is 25.1. The molecule has 1 aromatic rings. The Kier molecular flexibility index (Phi) is 13.5. The number of likely N-dealkylation sites (N-methyl/N-ethyl adjacent to an activating group) is 1. The number of guanidine groups is 1. The average molecular weight is 504 g/mol. The zero-order valence-electron chi connectivity index (χ0n) is 17.5. The molecule has 6 nitrogen and oxygen atoms in total. The van der Waals surface area contributed by atoms with E-state index in [-0.39, 0.29) is 24.0 Å². The van der Waals surface area contributed by atoms with E-state index < -0.39 is 0 Å². The van der Waals surface area contributed by atoms with Crippen molar-refractivity contribution >= 4 is 29.9 Å². The maximum Gasteiger partial charge on any atom is 0.191 e. The number of nitrogens with zero attached hydrogens (tertiary/aromatic N) is 2. The lowest BCUT2D eigenvalue weighted by Gasteiger charge is -2.26. The molecule has 7 heteroatoms. The lowest BCUT2D eigenvalue weighted by atomic mass is 10.0. The Morgan fingerprint density at radius 1 is 1.21 bits per heavy atom. The van der Waals surface area contributed by atoms with Gasteiger partial charge in [-0.1, -0.05) is 30.3 Å². The molecule has 2 N–H and O–H groups in total. The Morgan fingerprint density at radius 2 is 1.93 bits per heavy atom. The highest BCUT2D eigenvalue weighted by Crippen LogP contribution is 2.16. The van der Waals surface area contributed by atoms with Crippen LogP contribution in [0, 0.1) is 5.92 Å². The minimum absolute atomic E-state index is 0. The van der Waals surface area contributed by atoms with Crippen LogP contribution < -0.4 is 10.6 Å². The maximum atomic E-state index is 5.81. The summed E-state index contributed by atoms with van der Waals surface area (Å²) in [5.74, 6) is 1.50. The Balaban J connectivity index is 0.00000392. The number of nitrogens with one attached hydrogen (secondary N) is 2. The fourth-order valence-corrected chi connectivity index (χ4v) is 3.23. The van der Waals surface area contributed by atoms with Gasteiger partial charge in [0.1, 0.15) is 0 Å². The molecule has 160 valence electrons. The first-order valence-electron chi connectivity index (χ1n) is 10.0. The molecule has 0 amide bonds. The van der Waals surface area contributed by atoms with E-state index in [0.717, 1.165) is 64.7 Å². The van der Waals surface area contributed by atoms with E-state index in [1.165, 1.54) is 5.56 Å². The molecule has 1 unspecified atom stereocenters. The predicted molar refractivity (Wildman–Crippen MR) is 127 cm³/mol. The highest BCUT2D eigenvalue weighted by Gasteiger charge is 2.15. The molecular formula is C21H37IN4O2. The highest BCUT2D eigenvalue weighted by atomic mass is 127. The zero-order valence-corrected chi connectivity index (χ0v) is 19.9. The van der Waals surface area contributed by atoms with Gasteiger partial charge < -0.3 is 25.0 Å². The molecule has 1 saturated heterocycles. The number of hydrogen-bond acceptors (Lipinski definition) is 4. The summed E-state index contributed by atoms with van der Waals surface area (Å²) in [5, 5.41) is 6.81. The Bertz CT molecular complexity index is 536. The number of benzene rings is 1. The van der Waals surface area contributed by atoms with Crippen molar-refractivity contribution in [3.63, 3.8) is 0 Å². The van der Waals surface area contributed by atoms with E-state index in [1.54, 1.807) is 0 Å². The molecule has 0 aliphatic carbocycles. The lowest BCUT2D eigenvalue weighted by molar-refractivity contribution is 0.0203.